The fourth-order valence-corrected chi connectivity index (χ4v) is 3.19. The van der Waals surface area contributed by atoms with Crippen LogP contribution in [0.1, 0.15) is 18.4 Å². The first-order chi connectivity index (χ1) is 13.7. The quantitative estimate of drug-likeness (QED) is 0.695. The van der Waals surface area contributed by atoms with Crippen LogP contribution in [0.5, 0.6) is 0 Å². The van der Waals surface area contributed by atoms with Crippen LogP contribution in [0.15, 0.2) is 73.1 Å². The molecule has 2 heterocycles. The zero-order valence-corrected chi connectivity index (χ0v) is 15.3. The van der Waals surface area contributed by atoms with Crippen molar-refractivity contribution in [2.75, 3.05) is 16.8 Å². The molecule has 0 aliphatic carbocycles. The number of carbonyl (C=O) groups is 2. The predicted octanol–water partition coefficient (Wildman–Crippen LogP) is 3.65. The number of nitrogens with zero attached hydrogens (tertiary/aromatic N) is 3. The summed E-state index contributed by atoms with van der Waals surface area (Å²) in [6.45, 7) is 0.772. The molecular formula is C22H20N4O2. The maximum atomic E-state index is 12.2. The van der Waals surface area contributed by atoms with Crippen molar-refractivity contribution in [2.45, 2.75) is 12.8 Å². The number of nitrogens with one attached hydrogen (secondary N) is 1. The Balaban J connectivity index is 1.39. The van der Waals surface area contributed by atoms with Crippen molar-refractivity contribution in [3.63, 3.8) is 0 Å². The van der Waals surface area contributed by atoms with Gasteiger partial charge in [0.05, 0.1) is 5.69 Å². The molecule has 1 aliphatic heterocycles. The van der Waals surface area contributed by atoms with Gasteiger partial charge >= 0.3 is 0 Å². The maximum Gasteiger partial charge on any atom is 0.248 e. The van der Waals surface area contributed by atoms with Crippen LogP contribution in [0.25, 0.3) is 11.8 Å². The first-order valence-corrected chi connectivity index (χ1v) is 9.19. The molecule has 0 spiro atoms. The van der Waals surface area contributed by atoms with Crippen LogP contribution in [-0.4, -0.2) is 28.1 Å². The Bertz CT molecular complexity index is 1010. The van der Waals surface area contributed by atoms with Gasteiger partial charge in [0, 0.05) is 42.8 Å². The van der Waals surface area contributed by atoms with Crippen LogP contribution >= 0.6 is 0 Å². The lowest BCUT2D eigenvalue weighted by Gasteiger charge is -2.15. The summed E-state index contributed by atoms with van der Waals surface area (Å²) in [5.41, 5.74) is 3.37. The van der Waals surface area contributed by atoms with Crippen molar-refractivity contribution < 1.29 is 9.59 Å². The Morgan fingerprint density at radius 3 is 2.64 bits per heavy atom. The average molecular weight is 372 g/mol. The molecule has 0 bridgehead atoms. The molecule has 2 aromatic carbocycles. The largest absolute Gasteiger partial charge is 0.322 e. The molecule has 6 heteroatoms. The van der Waals surface area contributed by atoms with Gasteiger partial charge in [-0.25, -0.2) is 4.68 Å². The van der Waals surface area contributed by atoms with Gasteiger partial charge in [-0.15, -0.1) is 0 Å². The lowest BCUT2D eigenvalue weighted by molar-refractivity contribution is -0.117. The van der Waals surface area contributed by atoms with Crippen molar-refractivity contribution >= 4 is 29.3 Å². The molecule has 1 aliphatic rings. The molecule has 0 unspecified atom stereocenters. The highest BCUT2D eigenvalue weighted by Crippen LogP contribution is 2.22. The van der Waals surface area contributed by atoms with Gasteiger partial charge < -0.3 is 10.2 Å². The molecular weight excluding hydrogens is 352 g/mol. The summed E-state index contributed by atoms with van der Waals surface area (Å²) in [4.78, 5) is 25.8. The first kappa shape index (κ1) is 17.7. The standard InChI is InChI=1S/C22H20N4O2/c27-21(24-18-4-1-5-20(16-18)26-15-3-13-23-26)12-9-17-7-10-19(11-8-17)25-14-2-6-22(25)28/h1,3-5,7-13,15-16H,2,6,14H2,(H,24,27)/b12-9+. The summed E-state index contributed by atoms with van der Waals surface area (Å²) >= 11 is 0. The Kier molecular flexibility index (Phi) is 5.01. The number of carbonyl (C=O) groups excluding carboxylic acids is 2. The van der Waals surface area contributed by atoms with E-state index in [0.29, 0.717) is 12.1 Å². The highest BCUT2D eigenvalue weighted by molar-refractivity contribution is 6.02. The fraction of sp³-hybridized carbons (Fsp3) is 0.136. The molecule has 1 fully saturated rings. The van der Waals surface area contributed by atoms with E-state index in [1.165, 1.54) is 6.08 Å². The molecule has 1 saturated heterocycles. The fourth-order valence-electron chi connectivity index (χ4n) is 3.19. The van der Waals surface area contributed by atoms with E-state index in [4.69, 9.17) is 0 Å². The second-order valence-electron chi connectivity index (χ2n) is 6.56. The van der Waals surface area contributed by atoms with Crippen LogP contribution < -0.4 is 10.2 Å². The molecule has 0 saturated carbocycles. The average Bonchev–Trinajstić information content (AvgIpc) is 3.39. The van der Waals surface area contributed by atoms with Gasteiger partial charge in [-0.1, -0.05) is 18.2 Å². The lowest BCUT2D eigenvalue weighted by Crippen LogP contribution is -2.23. The van der Waals surface area contributed by atoms with E-state index in [9.17, 15) is 9.59 Å². The summed E-state index contributed by atoms with van der Waals surface area (Å²) in [5.74, 6) is -0.0450. The van der Waals surface area contributed by atoms with Gasteiger partial charge in [0.15, 0.2) is 0 Å². The normalized spacial score (nSPS) is 14.0. The number of amides is 2. The summed E-state index contributed by atoms with van der Waals surface area (Å²) in [6, 6.07) is 17.0. The summed E-state index contributed by atoms with van der Waals surface area (Å²) in [7, 11) is 0. The highest BCUT2D eigenvalue weighted by atomic mass is 16.2. The third kappa shape index (κ3) is 4.01. The van der Waals surface area contributed by atoms with E-state index < -0.39 is 0 Å². The van der Waals surface area contributed by atoms with Crippen LogP contribution in [0.2, 0.25) is 0 Å². The molecule has 1 aromatic heterocycles. The SMILES string of the molecule is O=C(/C=C/c1ccc(N2CCCC2=O)cc1)Nc1cccc(-n2cccn2)c1. The van der Waals surface area contributed by atoms with E-state index in [0.717, 1.165) is 29.9 Å². The van der Waals surface area contributed by atoms with Crippen molar-refractivity contribution in [2.24, 2.45) is 0 Å². The Morgan fingerprint density at radius 1 is 1.07 bits per heavy atom. The molecule has 6 nitrogen and oxygen atoms in total. The highest BCUT2D eigenvalue weighted by Gasteiger charge is 2.21. The third-order valence-electron chi connectivity index (χ3n) is 4.59. The zero-order valence-electron chi connectivity index (χ0n) is 15.3. The van der Waals surface area contributed by atoms with Crippen LogP contribution in [0.4, 0.5) is 11.4 Å². The number of rotatable bonds is 5. The van der Waals surface area contributed by atoms with Crippen molar-refractivity contribution in [1.29, 1.82) is 0 Å². The lowest BCUT2D eigenvalue weighted by atomic mass is 10.2. The second kappa shape index (κ2) is 7.92. The monoisotopic (exact) mass is 372 g/mol. The number of anilines is 2. The van der Waals surface area contributed by atoms with Crippen molar-refractivity contribution in [3.8, 4) is 5.69 Å². The van der Waals surface area contributed by atoms with Crippen LogP contribution in [0.3, 0.4) is 0 Å². The van der Waals surface area contributed by atoms with Gasteiger partial charge in [-0.05, 0) is 54.5 Å². The van der Waals surface area contributed by atoms with Gasteiger partial charge in [0.2, 0.25) is 11.8 Å². The summed E-state index contributed by atoms with van der Waals surface area (Å²) in [6.07, 6.45) is 8.32. The predicted molar refractivity (Wildman–Crippen MR) is 109 cm³/mol. The van der Waals surface area contributed by atoms with E-state index in [-0.39, 0.29) is 11.8 Å². The first-order valence-electron chi connectivity index (χ1n) is 9.19. The minimum Gasteiger partial charge on any atom is -0.322 e. The van der Waals surface area contributed by atoms with Crippen molar-refractivity contribution in [3.05, 3.63) is 78.6 Å². The topological polar surface area (TPSA) is 67.2 Å². The molecule has 0 atom stereocenters. The summed E-state index contributed by atoms with van der Waals surface area (Å²) < 4.78 is 1.73. The second-order valence-corrected chi connectivity index (χ2v) is 6.56. The molecule has 28 heavy (non-hydrogen) atoms. The van der Waals surface area contributed by atoms with Crippen LogP contribution in [-0.2, 0) is 9.59 Å². The van der Waals surface area contributed by atoms with Gasteiger partial charge in [0.25, 0.3) is 0 Å². The number of aromatic nitrogens is 2. The Labute approximate surface area is 163 Å². The molecule has 2 amide bonds. The Morgan fingerprint density at radius 2 is 1.93 bits per heavy atom. The minimum atomic E-state index is -0.212. The van der Waals surface area contributed by atoms with Crippen LogP contribution in [0, 0.1) is 0 Å². The molecule has 0 radical (unpaired) electrons. The van der Waals surface area contributed by atoms with E-state index in [1.54, 1.807) is 21.9 Å². The Hall–Kier alpha value is -3.67. The van der Waals surface area contributed by atoms with E-state index in [2.05, 4.69) is 10.4 Å². The van der Waals surface area contributed by atoms with Gasteiger partial charge in [0.1, 0.15) is 0 Å². The maximum absolute atomic E-state index is 12.2. The zero-order chi connectivity index (χ0) is 19.3. The van der Waals surface area contributed by atoms with E-state index >= 15 is 0 Å². The molecule has 140 valence electrons. The molecule has 4 rings (SSSR count). The third-order valence-corrected chi connectivity index (χ3v) is 4.59. The van der Waals surface area contributed by atoms with E-state index in [1.807, 2.05) is 60.8 Å². The number of hydrogen-bond donors (Lipinski definition) is 1. The van der Waals surface area contributed by atoms with Gasteiger partial charge in [-0.2, -0.15) is 5.10 Å². The van der Waals surface area contributed by atoms with Crippen molar-refractivity contribution in [1.82, 2.24) is 9.78 Å². The summed E-state index contributed by atoms with van der Waals surface area (Å²) in [5, 5.41) is 7.05. The number of hydrogen-bond acceptors (Lipinski definition) is 3. The molecule has 3 aromatic rings. The number of benzene rings is 2. The molecule has 1 N–H and O–H groups in total. The smallest absolute Gasteiger partial charge is 0.248 e. The van der Waals surface area contributed by atoms with Gasteiger partial charge in [-0.3, -0.25) is 9.59 Å². The minimum absolute atomic E-state index is 0.167.